The Morgan fingerprint density at radius 2 is 1.61 bits per heavy atom. The smallest absolute Gasteiger partial charge is 0.338 e. The van der Waals surface area contributed by atoms with Gasteiger partial charge in [-0.1, -0.05) is 29.8 Å². The maximum atomic E-state index is 13.3. The van der Waals surface area contributed by atoms with E-state index < -0.39 is 17.6 Å². The Morgan fingerprint density at radius 3 is 2.26 bits per heavy atom. The molecule has 2 aromatic carbocycles. The lowest BCUT2D eigenvalue weighted by atomic mass is 10.1. The Kier molecular flexibility index (Phi) is 6.59. The second kappa shape index (κ2) is 9.01. The predicted octanol–water partition coefficient (Wildman–Crippen LogP) is 4.58. The molecule has 0 unspecified atom stereocenters. The monoisotopic (exact) mass is 450 g/mol. The molecular formula is C22H22ClF3N4O. The summed E-state index contributed by atoms with van der Waals surface area (Å²) in [5.41, 5.74) is 0.935. The molecule has 1 amide bonds. The van der Waals surface area contributed by atoms with Crippen LogP contribution in [0, 0.1) is 6.92 Å². The van der Waals surface area contributed by atoms with Crippen molar-refractivity contribution < 1.29 is 18.0 Å². The van der Waals surface area contributed by atoms with Gasteiger partial charge in [0.25, 0.3) is 5.91 Å². The zero-order chi connectivity index (χ0) is 21.3. The zero-order valence-corrected chi connectivity index (χ0v) is 17.7. The minimum absolute atomic E-state index is 0. The van der Waals surface area contributed by atoms with Crippen LogP contribution in [0.5, 0.6) is 0 Å². The minimum Gasteiger partial charge on any atom is -0.338 e. The van der Waals surface area contributed by atoms with Crippen molar-refractivity contribution in [2.24, 2.45) is 0 Å². The molecule has 0 N–H and O–H groups in total. The van der Waals surface area contributed by atoms with E-state index in [9.17, 15) is 18.0 Å². The molecule has 2 heterocycles. The highest BCUT2D eigenvalue weighted by Gasteiger charge is 2.36. The maximum absolute atomic E-state index is 13.3. The lowest BCUT2D eigenvalue weighted by molar-refractivity contribution is -0.138. The van der Waals surface area contributed by atoms with Crippen molar-refractivity contribution in [3.05, 3.63) is 77.6 Å². The molecule has 31 heavy (non-hydrogen) atoms. The number of hydrogen-bond acceptors (Lipinski definition) is 3. The quantitative estimate of drug-likeness (QED) is 0.586. The molecule has 1 aliphatic rings. The molecule has 1 saturated heterocycles. The molecule has 0 bridgehead atoms. The third-order valence-electron chi connectivity index (χ3n) is 5.25. The van der Waals surface area contributed by atoms with Crippen LogP contribution in [0.25, 0.3) is 5.69 Å². The van der Waals surface area contributed by atoms with Gasteiger partial charge in [0.15, 0.2) is 0 Å². The fraction of sp³-hybridized carbons (Fsp3) is 0.273. The van der Waals surface area contributed by atoms with E-state index in [1.165, 1.54) is 23.1 Å². The molecule has 0 saturated carbocycles. The summed E-state index contributed by atoms with van der Waals surface area (Å²) in [7, 11) is 0. The van der Waals surface area contributed by atoms with Crippen molar-refractivity contribution >= 4 is 24.3 Å². The van der Waals surface area contributed by atoms with Crippen LogP contribution in [0.1, 0.15) is 21.5 Å². The summed E-state index contributed by atoms with van der Waals surface area (Å²) < 4.78 is 41.8. The van der Waals surface area contributed by atoms with Crippen LogP contribution in [0.4, 0.5) is 19.1 Å². The van der Waals surface area contributed by atoms with Crippen LogP contribution in [0.15, 0.2) is 60.9 Å². The number of imidazole rings is 1. The van der Waals surface area contributed by atoms with Crippen molar-refractivity contribution in [1.29, 1.82) is 0 Å². The molecule has 5 nitrogen and oxygen atoms in total. The van der Waals surface area contributed by atoms with Crippen LogP contribution in [-0.4, -0.2) is 46.5 Å². The van der Waals surface area contributed by atoms with Crippen molar-refractivity contribution in [3.8, 4) is 5.69 Å². The summed E-state index contributed by atoms with van der Waals surface area (Å²) in [5, 5.41) is 0. The van der Waals surface area contributed by atoms with E-state index in [2.05, 4.69) is 4.98 Å². The number of aromatic nitrogens is 2. The highest BCUT2D eigenvalue weighted by molar-refractivity contribution is 5.96. The van der Waals surface area contributed by atoms with Gasteiger partial charge in [0.05, 0.1) is 11.1 Å². The van der Waals surface area contributed by atoms with Crippen molar-refractivity contribution in [2.75, 3.05) is 31.1 Å². The Morgan fingerprint density at radius 1 is 0.968 bits per heavy atom. The molecular weight excluding hydrogens is 429 g/mol. The molecule has 3 aromatic rings. The van der Waals surface area contributed by atoms with Gasteiger partial charge in [-0.25, -0.2) is 4.98 Å². The van der Waals surface area contributed by atoms with Crippen LogP contribution >= 0.6 is 12.4 Å². The summed E-state index contributed by atoms with van der Waals surface area (Å²) in [5.74, 6) is 0.158. The molecule has 9 heteroatoms. The summed E-state index contributed by atoms with van der Waals surface area (Å²) in [6, 6.07) is 13.0. The van der Waals surface area contributed by atoms with Crippen molar-refractivity contribution in [1.82, 2.24) is 14.5 Å². The topological polar surface area (TPSA) is 41.4 Å². The number of piperazine rings is 1. The number of hydrogen-bond donors (Lipinski definition) is 0. The number of anilines is 1. The number of amides is 1. The Bertz CT molecular complexity index is 1040. The summed E-state index contributed by atoms with van der Waals surface area (Å²) in [6.45, 7) is 3.65. The van der Waals surface area contributed by atoms with Gasteiger partial charge >= 0.3 is 6.18 Å². The fourth-order valence-electron chi connectivity index (χ4n) is 3.63. The molecule has 0 radical (unpaired) electrons. The van der Waals surface area contributed by atoms with Crippen LogP contribution in [-0.2, 0) is 6.18 Å². The van der Waals surface area contributed by atoms with Gasteiger partial charge in [-0.05, 0) is 31.2 Å². The summed E-state index contributed by atoms with van der Waals surface area (Å²) >= 11 is 0. The van der Waals surface area contributed by atoms with Crippen LogP contribution < -0.4 is 4.90 Å². The Hall–Kier alpha value is -3.00. The Balaban J connectivity index is 0.00000272. The van der Waals surface area contributed by atoms with Crippen LogP contribution in [0.3, 0.4) is 0 Å². The standard InChI is InChI=1S/C22H21F3N4O.ClH/c1-16-6-8-17(9-7-16)29-11-10-26-21(29)28-14-12-27(13-15-28)20(30)18-4-2-3-5-19(18)22(23,24)25;/h2-11H,12-15H2,1H3;1H. The average Bonchev–Trinajstić information content (AvgIpc) is 3.23. The zero-order valence-electron chi connectivity index (χ0n) is 16.8. The van der Waals surface area contributed by atoms with E-state index in [4.69, 9.17) is 0 Å². The van der Waals surface area contributed by atoms with Gasteiger partial charge < -0.3 is 9.80 Å². The first-order chi connectivity index (χ1) is 14.3. The first-order valence-corrected chi connectivity index (χ1v) is 9.65. The number of benzene rings is 2. The average molecular weight is 451 g/mol. The highest BCUT2D eigenvalue weighted by Crippen LogP contribution is 2.32. The number of halogens is 4. The van der Waals surface area contributed by atoms with Gasteiger partial charge in [0, 0.05) is 44.3 Å². The minimum atomic E-state index is -4.56. The molecule has 4 rings (SSSR count). The van der Waals surface area contributed by atoms with E-state index in [1.807, 2.05) is 46.9 Å². The first-order valence-electron chi connectivity index (χ1n) is 9.65. The maximum Gasteiger partial charge on any atom is 0.417 e. The lowest BCUT2D eigenvalue weighted by Crippen LogP contribution is -2.49. The fourth-order valence-corrected chi connectivity index (χ4v) is 3.63. The third-order valence-corrected chi connectivity index (χ3v) is 5.25. The molecule has 0 atom stereocenters. The molecule has 1 aromatic heterocycles. The highest BCUT2D eigenvalue weighted by atomic mass is 35.5. The number of aryl methyl sites for hydroxylation is 1. The summed E-state index contributed by atoms with van der Waals surface area (Å²) in [4.78, 5) is 20.7. The number of rotatable bonds is 3. The van der Waals surface area contributed by atoms with E-state index in [1.54, 1.807) is 6.20 Å². The first kappa shape index (κ1) is 22.7. The van der Waals surface area contributed by atoms with Gasteiger partial charge in [-0.3, -0.25) is 9.36 Å². The molecule has 0 spiro atoms. The van der Waals surface area contributed by atoms with Gasteiger partial charge in [0.1, 0.15) is 0 Å². The van der Waals surface area contributed by atoms with E-state index in [0.717, 1.165) is 23.3 Å². The van der Waals surface area contributed by atoms with Gasteiger partial charge in [0.2, 0.25) is 5.95 Å². The number of carbonyl (C=O) groups excluding carboxylic acids is 1. The molecule has 1 fully saturated rings. The van der Waals surface area contributed by atoms with E-state index >= 15 is 0 Å². The van der Waals surface area contributed by atoms with Gasteiger partial charge in [-0.15, -0.1) is 12.4 Å². The van der Waals surface area contributed by atoms with E-state index in [0.29, 0.717) is 26.2 Å². The normalized spacial score (nSPS) is 14.3. The number of alkyl halides is 3. The van der Waals surface area contributed by atoms with E-state index in [-0.39, 0.29) is 18.0 Å². The lowest BCUT2D eigenvalue weighted by Gasteiger charge is -2.35. The molecule has 0 aliphatic carbocycles. The van der Waals surface area contributed by atoms with Crippen LogP contribution in [0.2, 0.25) is 0 Å². The SMILES string of the molecule is Cc1ccc(-n2ccnc2N2CCN(C(=O)c3ccccc3C(F)(F)F)CC2)cc1.Cl. The van der Waals surface area contributed by atoms with Crippen molar-refractivity contribution in [3.63, 3.8) is 0 Å². The second-order valence-electron chi connectivity index (χ2n) is 7.26. The number of nitrogens with zero attached hydrogens (tertiary/aromatic N) is 4. The van der Waals surface area contributed by atoms with Gasteiger partial charge in [-0.2, -0.15) is 13.2 Å². The largest absolute Gasteiger partial charge is 0.417 e. The molecule has 1 aliphatic heterocycles. The molecule has 164 valence electrons. The summed E-state index contributed by atoms with van der Waals surface area (Å²) in [6.07, 6.45) is -0.976. The Labute approximate surface area is 184 Å². The van der Waals surface area contributed by atoms with Crippen molar-refractivity contribution in [2.45, 2.75) is 13.1 Å². The third kappa shape index (κ3) is 4.69. The predicted molar refractivity (Wildman–Crippen MR) is 115 cm³/mol. The number of carbonyl (C=O) groups is 1. The second-order valence-corrected chi connectivity index (χ2v) is 7.26.